The lowest BCUT2D eigenvalue weighted by Gasteiger charge is -2.60. The lowest BCUT2D eigenvalue weighted by Crippen LogP contribution is -2.52. The van der Waals surface area contributed by atoms with Crippen molar-refractivity contribution in [2.45, 2.75) is 140 Å². The van der Waals surface area contributed by atoms with Crippen LogP contribution in [-0.4, -0.2) is 21.6 Å². The minimum absolute atomic E-state index is 0.0899. The Labute approximate surface area is 280 Å². The number of fused-ring (bicyclic) bond motifs is 2. The van der Waals surface area contributed by atoms with Crippen LogP contribution in [-0.2, 0) is 16.0 Å². The third-order valence-electron chi connectivity index (χ3n) is 12.1. The summed E-state index contributed by atoms with van der Waals surface area (Å²) in [6.07, 6.45) is 12.1. The van der Waals surface area contributed by atoms with Crippen molar-refractivity contribution in [3.8, 4) is 0 Å². The van der Waals surface area contributed by atoms with Crippen LogP contribution in [0.3, 0.4) is 0 Å². The number of thiazole rings is 1. The van der Waals surface area contributed by atoms with Crippen molar-refractivity contribution in [3.63, 3.8) is 0 Å². The molecule has 4 rings (SSSR count). The van der Waals surface area contributed by atoms with E-state index in [1.54, 1.807) is 6.92 Å². The van der Waals surface area contributed by atoms with Crippen LogP contribution in [0.4, 0.5) is 0 Å². The van der Waals surface area contributed by atoms with Gasteiger partial charge in [0.05, 0.1) is 17.3 Å². The van der Waals surface area contributed by atoms with Gasteiger partial charge in [-0.15, -0.1) is 11.3 Å². The second kappa shape index (κ2) is 12.9. The first-order valence-corrected chi connectivity index (χ1v) is 18.2. The van der Waals surface area contributed by atoms with Crippen molar-refractivity contribution in [1.82, 2.24) is 9.89 Å². The van der Waals surface area contributed by atoms with Crippen LogP contribution < -0.4 is 4.84 Å². The molecule has 6 nitrogen and oxygen atoms in total. The summed E-state index contributed by atoms with van der Waals surface area (Å²) in [5.41, 5.74) is 2.06. The maximum atomic E-state index is 14.1. The largest absolute Gasteiger partial charge is 0.361 e. The summed E-state index contributed by atoms with van der Waals surface area (Å²) in [6.45, 7) is 24.2. The van der Waals surface area contributed by atoms with Gasteiger partial charge in [-0.3, -0.25) is 4.79 Å². The molecule has 0 saturated heterocycles. The van der Waals surface area contributed by atoms with Crippen molar-refractivity contribution >= 4 is 35.3 Å². The highest BCUT2D eigenvalue weighted by atomic mass is 32.1. The third kappa shape index (κ3) is 6.83. The smallest absolute Gasteiger partial charge is 0.338 e. The van der Waals surface area contributed by atoms with Gasteiger partial charge in [-0.2, -0.15) is 4.73 Å². The first kappa shape index (κ1) is 35.8. The average molecular weight is 657 g/mol. The van der Waals surface area contributed by atoms with Crippen molar-refractivity contribution in [1.29, 1.82) is 0 Å². The van der Waals surface area contributed by atoms with E-state index in [2.05, 4.69) is 67.5 Å². The Balaban J connectivity index is 1.67. The molecule has 2 aliphatic carbocycles. The highest BCUT2D eigenvalue weighted by Crippen LogP contribution is 2.66. The minimum Gasteiger partial charge on any atom is -0.361 e. The minimum atomic E-state index is -0.690. The number of rotatable bonds is 12. The van der Waals surface area contributed by atoms with Gasteiger partial charge in [-0.1, -0.05) is 72.5 Å². The number of nitrogens with zero attached hydrogens (tertiary/aromatic N) is 2. The summed E-state index contributed by atoms with van der Waals surface area (Å²) >= 11 is 6.90. The first-order valence-electron chi connectivity index (χ1n) is 16.9. The summed E-state index contributed by atoms with van der Waals surface area (Å²) < 4.78 is 7.79. The van der Waals surface area contributed by atoms with Crippen LogP contribution in [0.2, 0.25) is 0 Å². The number of carbonyl (C=O) groups is 2. The second-order valence-corrected chi connectivity index (χ2v) is 17.9. The zero-order valence-corrected chi connectivity index (χ0v) is 31.2. The van der Waals surface area contributed by atoms with Gasteiger partial charge in [-0.05, 0) is 118 Å². The van der Waals surface area contributed by atoms with Crippen LogP contribution in [0.15, 0.2) is 27.7 Å². The molecule has 1 saturated carbocycles. The molecule has 0 amide bonds. The third-order valence-corrected chi connectivity index (χ3v) is 13.4. The molecule has 0 spiro atoms. The van der Waals surface area contributed by atoms with E-state index in [1.165, 1.54) is 21.6 Å². The molecule has 5 atom stereocenters. The monoisotopic (exact) mass is 656 g/mol. The molecule has 2 aliphatic rings. The summed E-state index contributed by atoms with van der Waals surface area (Å²) in [4.78, 5) is 33.0. The van der Waals surface area contributed by atoms with Crippen molar-refractivity contribution in [2.75, 3.05) is 0 Å². The standard InChI is InChI=1S/C37H56N2O4S2/c1-12-14-33(5,6)16-18-35(9,31(41)43-39-24(2)23-45-32(39)44)19-17-34(7,8)37(11)15-13-28-26(4)30-27(22-38-42-30)21-36(28,10)29(37)20-25(3)40/h20,22-23,26,28H,12-19,21H2,1-11H3/b29-20-/t26-,28-,35-,36-,37+/m0/s1. The van der Waals surface area contributed by atoms with Gasteiger partial charge in [0.15, 0.2) is 9.74 Å². The van der Waals surface area contributed by atoms with E-state index in [1.807, 2.05) is 24.6 Å². The summed E-state index contributed by atoms with van der Waals surface area (Å²) in [5.74, 6) is 1.48. The zero-order chi connectivity index (χ0) is 33.6. The van der Waals surface area contributed by atoms with Gasteiger partial charge >= 0.3 is 5.97 Å². The van der Waals surface area contributed by atoms with Gasteiger partial charge < -0.3 is 9.36 Å². The molecular formula is C37H56N2O4S2. The molecule has 8 heteroatoms. The fourth-order valence-electron chi connectivity index (χ4n) is 8.63. The maximum absolute atomic E-state index is 14.1. The lowest BCUT2D eigenvalue weighted by molar-refractivity contribution is -0.157. The number of aromatic nitrogens is 2. The first-order chi connectivity index (χ1) is 20.8. The highest BCUT2D eigenvalue weighted by Gasteiger charge is 2.58. The summed E-state index contributed by atoms with van der Waals surface area (Å²) in [7, 11) is 0. The number of aryl methyl sites for hydroxylation is 1. The number of ketones is 1. The predicted octanol–water partition coefficient (Wildman–Crippen LogP) is 10.2. The molecular weight excluding hydrogens is 601 g/mol. The van der Waals surface area contributed by atoms with Crippen LogP contribution in [0.1, 0.15) is 144 Å². The van der Waals surface area contributed by atoms with Crippen molar-refractivity contribution < 1.29 is 18.9 Å². The van der Waals surface area contributed by atoms with Crippen molar-refractivity contribution in [3.05, 3.63) is 44.2 Å². The topological polar surface area (TPSA) is 74.3 Å². The number of carbonyl (C=O) groups excluding carboxylic acids is 2. The Morgan fingerprint density at radius 2 is 1.82 bits per heavy atom. The molecule has 0 N–H and O–H groups in total. The van der Waals surface area contributed by atoms with E-state index in [0.29, 0.717) is 16.3 Å². The van der Waals surface area contributed by atoms with E-state index in [4.69, 9.17) is 21.6 Å². The molecule has 2 aromatic heterocycles. The Morgan fingerprint density at radius 1 is 1.16 bits per heavy atom. The number of allylic oxidation sites excluding steroid dienone is 2. The number of hydrogen-bond acceptors (Lipinski definition) is 7. The van der Waals surface area contributed by atoms with Crippen LogP contribution in [0.5, 0.6) is 0 Å². The zero-order valence-electron chi connectivity index (χ0n) is 29.6. The maximum Gasteiger partial charge on any atom is 0.338 e. The Hall–Kier alpha value is -2.06. The molecule has 0 aromatic carbocycles. The summed E-state index contributed by atoms with van der Waals surface area (Å²) in [6, 6.07) is 0. The second-order valence-electron chi connectivity index (χ2n) is 16.4. The van der Waals surface area contributed by atoms with Crippen molar-refractivity contribution in [2.24, 2.45) is 33.0 Å². The van der Waals surface area contributed by atoms with Gasteiger partial charge in [0, 0.05) is 16.9 Å². The molecule has 250 valence electrons. The Morgan fingerprint density at radius 3 is 2.42 bits per heavy atom. The lowest BCUT2D eigenvalue weighted by atomic mass is 9.43. The predicted molar refractivity (Wildman–Crippen MR) is 185 cm³/mol. The van der Waals surface area contributed by atoms with E-state index < -0.39 is 5.41 Å². The molecule has 1 fully saturated rings. The fraction of sp³-hybridized carbons (Fsp3) is 0.730. The van der Waals surface area contributed by atoms with Crippen LogP contribution in [0.25, 0.3) is 0 Å². The van der Waals surface area contributed by atoms with Gasteiger partial charge in [0.2, 0.25) is 0 Å². The van der Waals surface area contributed by atoms with Crippen LogP contribution >= 0.6 is 23.6 Å². The molecule has 45 heavy (non-hydrogen) atoms. The SMILES string of the molecule is CCCC(C)(C)CC[C@@](C)(CCC(C)(C)[C@]1(C)CC[C@H]2[C@H](C)c3oncc3C[C@]2(C)/C1=C/C(C)=O)C(=O)On1c(C)csc1=S. The molecule has 0 unspecified atom stereocenters. The molecule has 2 heterocycles. The quantitative estimate of drug-likeness (QED) is 0.167. The van der Waals surface area contributed by atoms with E-state index in [-0.39, 0.29) is 39.3 Å². The molecule has 0 radical (unpaired) electrons. The van der Waals surface area contributed by atoms with E-state index in [0.717, 1.165) is 68.4 Å². The number of hydrogen-bond donors (Lipinski definition) is 0. The van der Waals surface area contributed by atoms with Gasteiger partial charge in [-0.25, -0.2) is 4.79 Å². The fourth-order valence-corrected chi connectivity index (χ4v) is 9.60. The Kier molecular flexibility index (Phi) is 10.2. The van der Waals surface area contributed by atoms with Gasteiger partial charge in [0.25, 0.3) is 0 Å². The van der Waals surface area contributed by atoms with Crippen LogP contribution in [0, 0.1) is 43.9 Å². The molecule has 0 bridgehead atoms. The average Bonchev–Trinajstić information content (AvgIpc) is 3.54. The normalized spacial score (nSPS) is 27.5. The van der Waals surface area contributed by atoms with Gasteiger partial charge in [0.1, 0.15) is 5.76 Å². The Bertz CT molecular complexity index is 1500. The van der Waals surface area contributed by atoms with E-state index in [9.17, 15) is 9.59 Å². The van der Waals surface area contributed by atoms with E-state index >= 15 is 0 Å². The molecule has 2 aromatic rings. The highest BCUT2D eigenvalue weighted by molar-refractivity contribution is 7.73. The summed E-state index contributed by atoms with van der Waals surface area (Å²) in [5, 5.41) is 6.08. The molecule has 0 aliphatic heterocycles.